The Bertz CT molecular complexity index is 334. The largest absolute Gasteiger partial charge is 0.337 e. The predicted molar refractivity (Wildman–Crippen MR) is 65.7 cm³/mol. The lowest BCUT2D eigenvalue weighted by molar-refractivity contribution is 0.431. The van der Waals surface area contributed by atoms with E-state index in [1.807, 2.05) is 19.2 Å². The Balaban J connectivity index is 2.14. The van der Waals surface area contributed by atoms with E-state index in [-0.39, 0.29) is 0 Å². The van der Waals surface area contributed by atoms with Crippen molar-refractivity contribution in [2.24, 2.45) is 0 Å². The van der Waals surface area contributed by atoms with E-state index in [1.165, 1.54) is 12.8 Å². The van der Waals surface area contributed by atoms with E-state index >= 15 is 0 Å². The zero-order valence-corrected chi connectivity index (χ0v) is 10.1. The Labute approximate surface area is 97.1 Å². The molecule has 0 spiro atoms. The molecule has 2 heterocycles. The molecule has 1 N–H and O–H groups in total. The van der Waals surface area contributed by atoms with Crippen molar-refractivity contribution in [1.82, 2.24) is 15.3 Å². The summed E-state index contributed by atoms with van der Waals surface area (Å²) in [6, 6.07) is 2.48. The van der Waals surface area contributed by atoms with Crippen molar-refractivity contribution >= 4 is 5.95 Å². The Morgan fingerprint density at radius 3 is 3.06 bits per heavy atom. The molecule has 0 saturated carbocycles. The molecule has 1 aromatic heterocycles. The van der Waals surface area contributed by atoms with E-state index in [9.17, 15) is 0 Å². The lowest BCUT2D eigenvalue weighted by atomic mass is 10.1. The van der Waals surface area contributed by atoms with Gasteiger partial charge in [0.1, 0.15) is 0 Å². The summed E-state index contributed by atoms with van der Waals surface area (Å²) in [5, 5.41) is 3.44. The number of rotatable bonds is 3. The van der Waals surface area contributed by atoms with Gasteiger partial charge in [0.25, 0.3) is 0 Å². The van der Waals surface area contributed by atoms with Crippen molar-refractivity contribution < 1.29 is 0 Å². The second kappa shape index (κ2) is 5.25. The average molecular weight is 220 g/mol. The molecule has 16 heavy (non-hydrogen) atoms. The summed E-state index contributed by atoms with van der Waals surface area (Å²) in [5.41, 5.74) is 1.03. The molecule has 1 fully saturated rings. The van der Waals surface area contributed by atoms with Crippen LogP contribution in [0.3, 0.4) is 0 Å². The van der Waals surface area contributed by atoms with Crippen LogP contribution in [0.25, 0.3) is 0 Å². The number of aromatic nitrogens is 2. The number of hydrogen-bond acceptors (Lipinski definition) is 4. The van der Waals surface area contributed by atoms with Crippen LogP contribution in [0.4, 0.5) is 5.95 Å². The molecular weight excluding hydrogens is 200 g/mol. The van der Waals surface area contributed by atoms with Crippen LogP contribution in [0.2, 0.25) is 0 Å². The highest BCUT2D eigenvalue weighted by molar-refractivity contribution is 5.32. The first-order valence-electron chi connectivity index (χ1n) is 6.08. The van der Waals surface area contributed by atoms with Gasteiger partial charge in [-0.3, -0.25) is 0 Å². The fraction of sp³-hybridized carbons (Fsp3) is 0.667. The number of piperidine rings is 1. The molecule has 1 aliphatic heterocycles. The van der Waals surface area contributed by atoms with Crippen molar-refractivity contribution in [3.63, 3.8) is 0 Å². The maximum Gasteiger partial charge on any atom is 0.225 e. The molecule has 0 aromatic carbocycles. The van der Waals surface area contributed by atoms with E-state index in [0.29, 0.717) is 6.04 Å². The smallest absolute Gasteiger partial charge is 0.225 e. The van der Waals surface area contributed by atoms with Crippen LogP contribution in [0.1, 0.15) is 25.5 Å². The highest BCUT2D eigenvalue weighted by atomic mass is 15.3. The number of hydrogen-bond donors (Lipinski definition) is 1. The van der Waals surface area contributed by atoms with Crippen molar-refractivity contribution in [2.45, 2.75) is 32.7 Å². The number of nitrogens with one attached hydrogen (secondary N) is 1. The SMILES string of the molecule is CCN(c1nccc(C)n1)C1CCCNC1. The fourth-order valence-electron chi connectivity index (χ4n) is 2.24. The van der Waals surface area contributed by atoms with Gasteiger partial charge in [-0.25, -0.2) is 9.97 Å². The maximum absolute atomic E-state index is 4.51. The molecule has 1 aromatic rings. The minimum absolute atomic E-state index is 0.542. The zero-order chi connectivity index (χ0) is 11.4. The molecule has 88 valence electrons. The van der Waals surface area contributed by atoms with Gasteiger partial charge in [0, 0.05) is 31.0 Å². The molecular formula is C12H20N4. The number of anilines is 1. The van der Waals surface area contributed by atoms with Gasteiger partial charge >= 0.3 is 0 Å². The van der Waals surface area contributed by atoms with E-state index in [1.54, 1.807) is 0 Å². The Hall–Kier alpha value is -1.16. The molecule has 1 atom stereocenters. The van der Waals surface area contributed by atoms with Crippen molar-refractivity contribution in [1.29, 1.82) is 0 Å². The minimum atomic E-state index is 0.542. The van der Waals surface area contributed by atoms with Gasteiger partial charge in [-0.2, -0.15) is 0 Å². The molecule has 4 nitrogen and oxygen atoms in total. The van der Waals surface area contributed by atoms with Crippen molar-refractivity contribution in [3.05, 3.63) is 18.0 Å². The van der Waals surface area contributed by atoms with Crippen LogP contribution in [-0.4, -0.2) is 35.6 Å². The van der Waals surface area contributed by atoms with E-state index in [4.69, 9.17) is 0 Å². The summed E-state index contributed by atoms with van der Waals surface area (Å²) in [7, 11) is 0. The summed E-state index contributed by atoms with van der Waals surface area (Å²) in [6.45, 7) is 7.34. The molecule has 4 heteroatoms. The van der Waals surface area contributed by atoms with Crippen LogP contribution in [0.15, 0.2) is 12.3 Å². The molecule has 1 saturated heterocycles. The third kappa shape index (κ3) is 2.50. The number of likely N-dealkylation sites (N-methyl/N-ethyl adjacent to an activating group) is 1. The predicted octanol–water partition coefficient (Wildman–Crippen LogP) is 1.36. The second-order valence-electron chi connectivity index (χ2n) is 4.28. The molecule has 0 bridgehead atoms. The van der Waals surface area contributed by atoms with E-state index < -0.39 is 0 Å². The minimum Gasteiger partial charge on any atom is -0.337 e. The van der Waals surface area contributed by atoms with E-state index in [2.05, 4.69) is 27.1 Å². The van der Waals surface area contributed by atoms with Gasteiger partial charge in [0.2, 0.25) is 5.95 Å². The summed E-state index contributed by atoms with van der Waals surface area (Å²) >= 11 is 0. The highest BCUT2D eigenvalue weighted by Gasteiger charge is 2.21. The maximum atomic E-state index is 4.51. The topological polar surface area (TPSA) is 41.1 Å². The van der Waals surface area contributed by atoms with Crippen LogP contribution < -0.4 is 10.2 Å². The molecule has 2 rings (SSSR count). The van der Waals surface area contributed by atoms with Gasteiger partial charge < -0.3 is 10.2 Å². The van der Waals surface area contributed by atoms with Crippen LogP contribution in [-0.2, 0) is 0 Å². The van der Waals surface area contributed by atoms with Gasteiger partial charge in [0.15, 0.2) is 0 Å². The molecule has 0 radical (unpaired) electrons. The van der Waals surface area contributed by atoms with Gasteiger partial charge in [-0.1, -0.05) is 0 Å². The summed E-state index contributed by atoms with van der Waals surface area (Å²) in [6.07, 6.45) is 4.32. The summed E-state index contributed by atoms with van der Waals surface area (Å²) in [5.74, 6) is 0.871. The second-order valence-corrected chi connectivity index (χ2v) is 4.28. The zero-order valence-electron chi connectivity index (χ0n) is 10.1. The number of nitrogens with zero attached hydrogens (tertiary/aromatic N) is 3. The highest BCUT2D eigenvalue weighted by Crippen LogP contribution is 2.16. The first-order valence-corrected chi connectivity index (χ1v) is 6.08. The van der Waals surface area contributed by atoms with Gasteiger partial charge in [-0.15, -0.1) is 0 Å². The lowest BCUT2D eigenvalue weighted by Crippen LogP contribution is -2.46. The fourth-order valence-corrected chi connectivity index (χ4v) is 2.24. The summed E-state index contributed by atoms with van der Waals surface area (Å²) in [4.78, 5) is 11.2. The Morgan fingerprint density at radius 1 is 1.56 bits per heavy atom. The summed E-state index contributed by atoms with van der Waals surface area (Å²) < 4.78 is 0. The average Bonchev–Trinajstić information content (AvgIpc) is 2.31. The molecule has 0 amide bonds. The molecule has 1 unspecified atom stereocenters. The first kappa shape index (κ1) is 11.3. The molecule has 1 aliphatic rings. The monoisotopic (exact) mass is 220 g/mol. The third-order valence-electron chi connectivity index (χ3n) is 3.09. The van der Waals surface area contributed by atoms with Crippen molar-refractivity contribution in [2.75, 3.05) is 24.5 Å². The van der Waals surface area contributed by atoms with Crippen molar-refractivity contribution in [3.8, 4) is 0 Å². The number of aryl methyl sites for hydroxylation is 1. The molecule has 0 aliphatic carbocycles. The first-order chi connectivity index (χ1) is 7.81. The van der Waals surface area contributed by atoms with Crippen LogP contribution in [0, 0.1) is 6.92 Å². The Morgan fingerprint density at radius 2 is 2.44 bits per heavy atom. The van der Waals surface area contributed by atoms with Gasteiger partial charge in [0.05, 0.1) is 0 Å². The Kier molecular flexibility index (Phi) is 3.72. The quantitative estimate of drug-likeness (QED) is 0.835. The van der Waals surface area contributed by atoms with E-state index in [0.717, 1.165) is 31.3 Å². The lowest BCUT2D eigenvalue weighted by Gasteiger charge is -2.33. The normalized spacial score (nSPS) is 20.8. The van der Waals surface area contributed by atoms with Crippen LogP contribution >= 0.6 is 0 Å². The van der Waals surface area contributed by atoms with Crippen LogP contribution in [0.5, 0.6) is 0 Å². The standard InChI is InChI=1S/C12H20N4/c1-3-16(11-5-4-7-13-9-11)12-14-8-6-10(2)15-12/h6,8,11,13H,3-5,7,9H2,1-2H3. The third-order valence-corrected chi connectivity index (χ3v) is 3.09. The van der Waals surface area contributed by atoms with Gasteiger partial charge in [-0.05, 0) is 39.3 Å².